The summed E-state index contributed by atoms with van der Waals surface area (Å²) in [5.74, 6) is 1.85. The van der Waals surface area contributed by atoms with Crippen molar-refractivity contribution in [3.8, 4) is 40.6 Å². The van der Waals surface area contributed by atoms with Gasteiger partial charge in [0.2, 0.25) is 18.4 Å². The fraction of sp³-hybridized carbons (Fsp3) is 0.259. The van der Waals surface area contributed by atoms with Crippen LogP contribution in [-0.2, 0) is 6.54 Å². The summed E-state index contributed by atoms with van der Waals surface area (Å²) in [6.07, 6.45) is 0. The number of rotatable bonds is 6. The molecule has 1 atom stereocenters. The fourth-order valence-electron chi connectivity index (χ4n) is 4.71. The van der Waals surface area contributed by atoms with Gasteiger partial charge in [0.15, 0.2) is 23.0 Å². The van der Waals surface area contributed by atoms with Crippen molar-refractivity contribution < 1.29 is 28.4 Å². The normalized spacial score (nSPS) is 15.5. The largest absolute Gasteiger partial charge is 0.493 e. The number of allylic oxidation sites excluding steroid dienone is 1. The quantitative estimate of drug-likeness (QED) is 0.539. The summed E-state index contributed by atoms with van der Waals surface area (Å²) in [4.78, 5) is 14.0. The SMILES string of the molecule is COc1cc([C@@H]2C(C#N)=C(N)Oc3cc(C)n(Cc4ccc5c(c4)OCO5)c(=O)c32)cc(OC)c1OC. The lowest BCUT2D eigenvalue weighted by Gasteiger charge is -2.28. The Bertz CT molecular complexity index is 1510. The first kappa shape index (κ1) is 23.9. The number of fused-ring (bicyclic) bond motifs is 2. The Labute approximate surface area is 212 Å². The van der Waals surface area contributed by atoms with Crippen LogP contribution >= 0.6 is 0 Å². The predicted molar refractivity (Wildman–Crippen MR) is 133 cm³/mol. The van der Waals surface area contributed by atoms with E-state index < -0.39 is 5.92 Å². The molecule has 0 saturated heterocycles. The highest BCUT2D eigenvalue weighted by atomic mass is 16.7. The first-order valence-electron chi connectivity index (χ1n) is 11.4. The Balaban J connectivity index is 1.69. The zero-order valence-electron chi connectivity index (χ0n) is 20.8. The first-order chi connectivity index (χ1) is 17.9. The summed E-state index contributed by atoms with van der Waals surface area (Å²) in [7, 11) is 4.49. The predicted octanol–water partition coefficient (Wildman–Crippen LogP) is 3.18. The Morgan fingerprint density at radius 3 is 2.38 bits per heavy atom. The molecular weight excluding hydrogens is 478 g/mol. The zero-order chi connectivity index (χ0) is 26.3. The van der Waals surface area contributed by atoms with E-state index in [4.69, 9.17) is 34.2 Å². The summed E-state index contributed by atoms with van der Waals surface area (Å²) < 4.78 is 34.7. The van der Waals surface area contributed by atoms with Crippen molar-refractivity contribution in [3.63, 3.8) is 0 Å². The Hall–Kier alpha value is -4.78. The molecule has 5 rings (SSSR count). The topological polar surface area (TPSA) is 127 Å². The number of aromatic nitrogens is 1. The van der Waals surface area contributed by atoms with Crippen molar-refractivity contribution >= 4 is 0 Å². The number of methoxy groups -OCH3 is 3. The molecule has 3 heterocycles. The van der Waals surface area contributed by atoms with Crippen molar-refractivity contribution in [2.75, 3.05) is 28.1 Å². The van der Waals surface area contributed by atoms with Crippen LogP contribution < -0.4 is 39.7 Å². The number of ether oxygens (including phenoxy) is 6. The van der Waals surface area contributed by atoms with Gasteiger partial charge in [0.25, 0.3) is 5.56 Å². The van der Waals surface area contributed by atoms with Crippen LogP contribution in [-0.4, -0.2) is 32.7 Å². The minimum Gasteiger partial charge on any atom is -0.493 e. The lowest BCUT2D eigenvalue weighted by Crippen LogP contribution is -2.33. The molecule has 0 spiro atoms. The molecule has 0 amide bonds. The van der Waals surface area contributed by atoms with Gasteiger partial charge in [0.1, 0.15) is 17.4 Å². The van der Waals surface area contributed by atoms with Gasteiger partial charge in [-0.05, 0) is 42.3 Å². The number of hydrogen-bond donors (Lipinski definition) is 1. The standard InChI is InChI=1S/C27H25N3O7/c1-14-7-20-24(27(31)30(14)12-15-5-6-18-19(8-15)36-13-35-18)23(17(11-28)26(29)37-20)16-9-21(32-2)25(34-4)22(10-16)33-3/h5-10,23H,12-13,29H2,1-4H3/t23-/m1/s1. The van der Waals surface area contributed by atoms with E-state index in [0.29, 0.717) is 45.8 Å². The molecule has 1 aromatic heterocycles. The maximum Gasteiger partial charge on any atom is 0.259 e. The minimum absolute atomic E-state index is 0.0685. The van der Waals surface area contributed by atoms with Gasteiger partial charge in [-0.1, -0.05) is 6.07 Å². The van der Waals surface area contributed by atoms with E-state index in [1.807, 2.05) is 25.1 Å². The van der Waals surface area contributed by atoms with Crippen LogP contribution in [0.1, 0.15) is 28.3 Å². The summed E-state index contributed by atoms with van der Waals surface area (Å²) in [6, 6.07) is 12.8. The molecule has 0 unspecified atom stereocenters. The molecule has 0 bridgehead atoms. The minimum atomic E-state index is -0.821. The highest BCUT2D eigenvalue weighted by Crippen LogP contribution is 2.46. The molecule has 0 radical (unpaired) electrons. The second-order valence-corrected chi connectivity index (χ2v) is 8.53. The molecule has 2 aromatic carbocycles. The van der Waals surface area contributed by atoms with Crippen LogP contribution in [0.15, 0.2) is 52.6 Å². The first-order valence-corrected chi connectivity index (χ1v) is 11.4. The van der Waals surface area contributed by atoms with E-state index in [1.165, 1.54) is 21.3 Å². The third-order valence-corrected chi connectivity index (χ3v) is 6.49. The van der Waals surface area contributed by atoms with Gasteiger partial charge in [-0.15, -0.1) is 0 Å². The summed E-state index contributed by atoms with van der Waals surface area (Å²) in [6.45, 7) is 2.25. The van der Waals surface area contributed by atoms with Crippen molar-refractivity contribution in [2.45, 2.75) is 19.4 Å². The van der Waals surface area contributed by atoms with Crippen molar-refractivity contribution in [2.24, 2.45) is 5.73 Å². The van der Waals surface area contributed by atoms with Gasteiger partial charge in [-0.3, -0.25) is 4.79 Å². The summed E-state index contributed by atoms with van der Waals surface area (Å²) in [5.41, 5.74) is 8.32. The average molecular weight is 504 g/mol. The molecule has 10 heteroatoms. The van der Waals surface area contributed by atoms with Gasteiger partial charge < -0.3 is 38.7 Å². The molecule has 2 N–H and O–H groups in total. The van der Waals surface area contributed by atoms with Crippen LogP contribution in [0, 0.1) is 18.3 Å². The molecular formula is C27H25N3O7. The fourth-order valence-corrected chi connectivity index (χ4v) is 4.71. The molecule has 0 aliphatic carbocycles. The van der Waals surface area contributed by atoms with E-state index in [-0.39, 0.29) is 35.9 Å². The number of nitrogens with two attached hydrogens (primary N) is 1. The smallest absolute Gasteiger partial charge is 0.259 e. The molecule has 190 valence electrons. The lowest BCUT2D eigenvalue weighted by molar-refractivity contribution is 0.174. The summed E-state index contributed by atoms with van der Waals surface area (Å²) in [5, 5.41) is 10.0. The molecule has 2 aliphatic heterocycles. The van der Waals surface area contributed by atoms with Gasteiger partial charge in [-0.25, -0.2) is 0 Å². The van der Waals surface area contributed by atoms with E-state index in [2.05, 4.69) is 6.07 Å². The average Bonchev–Trinajstić information content (AvgIpc) is 3.37. The van der Waals surface area contributed by atoms with Crippen molar-refractivity contribution in [1.82, 2.24) is 4.57 Å². The molecule has 37 heavy (non-hydrogen) atoms. The van der Waals surface area contributed by atoms with Crippen LogP contribution in [0.2, 0.25) is 0 Å². The van der Waals surface area contributed by atoms with Crippen LogP contribution in [0.25, 0.3) is 0 Å². The zero-order valence-corrected chi connectivity index (χ0v) is 20.8. The van der Waals surface area contributed by atoms with E-state index in [9.17, 15) is 10.1 Å². The summed E-state index contributed by atoms with van der Waals surface area (Å²) >= 11 is 0. The number of hydrogen-bond acceptors (Lipinski definition) is 9. The Morgan fingerprint density at radius 1 is 1.03 bits per heavy atom. The Morgan fingerprint density at radius 2 is 1.73 bits per heavy atom. The molecule has 3 aromatic rings. The molecule has 0 saturated carbocycles. The van der Waals surface area contributed by atoms with E-state index in [0.717, 1.165) is 5.56 Å². The maximum absolute atomic E-state index is 14.0. The van der Waals surface area contributed by atoms with Crippen LogP contribution in [0.3, 0.4) is 0 Å². The van der Waals surface area contributed by atoms with Gasteiger partial charge >= 0.3 is 0 Å². The monoisotopic (exact) mass is 503 g/mol. The van der Waals surface area contributed by atoms with Crippen LogP contribution in [0.4, 0.5) is 0 Å². The Kier molecular flexibility index (Phi) is 6.05. The lowest BCUT2D eigenvalue weighted by atomic mass is 9.83. The van der Waals surface area contributed by atoms with Crippen molar-refractivity contribution in [3.05, 3.63) is 80.6 Å². The number of nitriles is 1. The molecule has 0 fully saturated rings. The van der Waals surface area contributed by atoms with E-state index in [1.54, 1.807) is 22.8 Å². The molecule has 2 aliphatic rings. The number of pyridine rings is 1. The van der Waals surface area contributed by atoms with E-state index >= 15 is 0 Å². The maximum atomic E-state index is 14.0. The second-order valence-electron chi connectivity index (χ2n) is 8.53. The van der Waals surface area contributed by atoms with Gasteiger partial charge in [-0.2, -0.15) is 5.26 Å². The number of nitrogens with zero attached hydrogens (tertiary/aromatic N) is 2. The van der Waals surface area contributed by atoms with Crippen LogP contribution in [0.5, 0.6) is 34.5 Å². The van der Waals surface area contributed by atoms with Gasteiger partial charge in [0.05, 0.1) is 39.4 Å². The third-order valence-electron chi connectivity index (χ3n) is 6.49. The second kappa shape index (κ2) is 9.35. The van der Waals surface area contributed by atoms with Gasteiger partial charge in [0, 0.05) is 11.8 Å². The number of benzene rings is 2. The highest BCUT2D eigenvalue weighted by molar-refractivity contribution is 5.61. The molecule has 10 nitrogen and oxygen atoms in total. The van der Waals surface area contributed by atoms with Crippen molar-refractivity contribution in [1.29, 1.82) is 5.26 Å². The number of aryl methyl sites for hydroxylation is 1. The third kappa shape index (κ3) is 3.94. The highest BCUT2D eigenvalue weighted by Gasteiger charge is 2.35.